The predicted molar refractivity (Wildman–Crippen MR) is 107 cm³/mol. The van der Waals surface area contributed by atoms with Gasteiger partial charge in [-0.05, 0) is 56.4 Å². The summed E-state index contributed by atoms with van der Waals surface area (Å²) in [6.45, 7) is 7.70. The van der Waals surface area contributed by atoms with Crippen molar-refractivity contribution in [2.75, 3.05) is 5.75 Å². The molecule has 136 valence electrons. The van der Waals surface area contributed by atoms with Gasteiger partial charge < -0.3 is 9.15 Å². The van der Waals surface area contributed by atoms with Crippen LogP contribution in [0.1, 0.15) is 36.6 Å². The molecule has 0 spiro atoms. The van der Waals surface area contributed by atoms with E-state index in [2.05, 4.69) is 4.98 Å². The zero-order valence-electron chi connectivity index (χ0n) is 15.1. The van der Waals surface area contributed by atoms with E-state index in [1.807, 2.05) is 32.9 Å². The minimum Gasteiger partial charge on any atom is -0.483 e. The number of hydrogen-bond donors (Lipinski definition) is 0. The van der Waals surface area contributed by atoms with Crippen LogP contribution in [0.15, 0.2) is 44.8 Å². The lowest BCUT2D eigenvalue weighted by Crippen LogP contribution is -2.11. The molecule has 0 saturated carbocycles. The van der Waals surface area contributed by atoms with E-state index in [9.17, 15) is 4.79 Å². The lowest BCUT2D eigenvalue weighted by Gasteiger charge is -2.18. The largest absolute Gasteiger partial charge is 0.483 e. The summed E-state index contributed by atoms with van der Waals surface area (Å²) in [4.78, 5) is 16.9. The van der Waals surface area contributed by atoms with Crippen LogP contribution in [0.3, 0.4) is 0 Å². The number of benzene rings is 1. The van der Waals surface area contributed by atoms with Gasteiger partial charge in [0.05, 0.1) is 5.39 Å². The van der Waals surface area contributed by atoms with Crippen molar-refractivity contribution in [2.45, 2.75) is 38.9 Å². The molecule has 2 aromatic heterocycles. The Balaban J connectivity index is 2.15. The number of hydrogen-bond acceptors (Lipinski definition) is 5. The number of ether oxygens (including phenoxy) is 1. The van der Waals surface area contributed by atoms with E-state index in [1.54, 1.807) is 25.3 Å². The van der Waals surface area contributed by atoms with Crippen LogP contribution < -0.4 is 10.2 Å². The fourth-order valence-corrected chi connectivity index (χ4v) is 3.71. The molecule has 0 aliphatic heterocycles. The first-order valence-corrected chi connectivity index (χ1v) is 9.76. The highest BCUT2D eigenvalue weighted by molar-refractivity contribution is 7.99. The highest BCUT2D eigenvalue weighted by Gasteiger charge is 2.19. The molecule has 0 aliphatic carbocycles. The smallest absolute Gasteiger partial charge is 0.196 e. The molecular formula is C20H20ClNO3S. The fraction of sp³-hybridized carbons (Fsp3) is 0.300. The molecule has 6 heteroatoms. The van der Waals surface area contributed by atoms with E-state index in [4.69, 9.17) is 20.8 Å². The summed E-state index contributed by atoms with van der Waals surface area (Å²) in [5, 5.41) is 1.53. The SMILES string of the molecule is CCSc1oc2c([C@@H](C)Oc3cccnc3Cl)cc(C)cc2c(=O)c1C. The average Bonchev–Trinajstić information content (AvgIpc) is 2.61. The first-order valence-electron chi connectivity index (χ1n) is 8.40. The first-order chi connectivity index (χ1) is 12.4. The van der Waals surface area contributed by atoms with Crippen molar-refractivity contribution in [3.63, 3.8) is 0 Å². The van der Waals surface area contributed by atoms with Crippen molar-refractivity contribution in [1.82, 2.24) is 4.98 Å². The van der Waals surface area contributed by atoms with Crippen LogP contribution in [-0.4, -0.2) is 10.7 Å². The van der Waals surface area contributed by atoms with Gasteiger partial charge in [0, 0.05) is 17.3 Å². The molecule has 3 aromatic rings. The molecule has 0 saturated heterocycles. The Morgan fingerprint density at radius 1 is 1.35 bits per heavy atom. The van der Waals surface area contributed by atoms with Gasteiger partial charge in [-0.25, -0.2) is 4.98 Å². The summed E-state index contributed by atoms with van der Waals surface area (Å²) in [7, 11) is 0. The molecule has 1 aromatic carbocycles. The van der Waals surface area contributed by atoms with E-state index in [1.165, 1.54) is 11.8 Å². The number of thioether (sulfide) groups is 1. The van der Waals surface area contributed by atoms with Gasteiger partial charge in [-0.15, -0.1) is 0 Å². The molecule has 0 aliphatic rings. The quantitative estimate of drug-likeness (QED) is 0.413. The molecule has 26 heavy (non-hydrogen) atoms. The molecule has 1 atom stereocenters. The first kappa shape index (κ1) is 18.8. The minimum atomic E-state index is -0.357. The molecule has 0 N–H and O–H groups in total. The molecule has 3 rings (SSSR count). The standard InChI is InChI=1S/C20H20ClNO3S/c1-5-26-20-12(3)17(23)15-10-11(2)9-14(18(15)25-20)13(4)24-16-7-6-8-22-19(16)21/h6-10,13H,5H2,1-4H3/t13-/m1/s1. The number of aryl methyl sites for hydroxylation is 1. The third-order valence-corrected chi connectivity index (χ3v) is 5.31. The number of halogens is 1. The zero-order valence-corrected chi connectivity index (χ0v) is 16.7. The van der Waals surface area contributed by atoms with Crippen LogP contribution in [0.25, 0.3) is 11.0 Å². The Labute approximate surface area is 161 Å². The van der Waals surface area contributed by atoms with E-state index < -0.39 is 0 Å². The molecule has 0 radical (unpaired) electrons. The van der Waals surface area contributed by atoms with Crippen molar-refractivity contribution in [3.8, 4) is 5.75 Å². The number of rotatable bonds is 5. The second-order valence-corrected chi connectivity index (χ2v) is 7.65. The molecule has 4 nitrogen and oxygen atoms in total. The molecule has 0 bridgehead atoms. The second kappa shape index (κ2) is 7.72. The van der Waals surface area contributed by atoms with Crippen LogP contribution in [0, 0.1) is 13.8 Å². The summed E-state index contributed by atoms with van der Waals surface area (Å²) < 4.78 is 12.1. The van der Waals surface area contributed by atoms with Crippen molar-refractivity contribution in [2.24, 2.45) is 0 Å². The maximum Gasteiger partial charge on any atom is 0.196 e. The Morgan fingerprint density at radius 3 is 2.81 bits per heavy atom. The van der Waals surface area contributed by atoms with Gasteiger partial charge in [0.1, 0.15) is 11.7 Å². The normalized spacial score (nSPS) is 12.3. The number of fused-ring (bicyclic) bond motifs is 1. The lowest BCUT2D eigenvalue weighted by molar-refractivity contribution is 0.225. The average molecular weight is 390 g/mol. The van der Waals surface area contributed by atoms with Crippen molar-refractivity contribution in [1.29, 1.82) is 0 Å². The van der Waals surface area contributed by atoms with Crippen molar-refractivity contribution in [3.05, 3.63) is 62.5 Å². The molecule has 0 unspecified atom stereocenters. The third kappa shape index (κ3) is 3.60. The molecule has 0 fully saturated rings. The molecule has 0 amide bonds. The number of pyridine rings is 1. The van der Waals surface area contributed by atoms with Gasteiger partial charge in [-0.3, -0.25) is 4.79 Å². The van der Waals surface area contributed by atoms with Gasteiger partial charge in [0.15, 0.2) is 21.4 Å². The zero-order chi connectivity index (χ0) is 18.8. The Bertz CT molecular complexity index is 1020. The fourth-order valence-electron chi connectivity index (χ4n) is 2.83. The number of nitrogens with zero attached hydrogens (tertiary/aromatic N) is 1. The monoisotopic (exact) mass is 389 g/mol. The summed E-state index contributed by atoms with van der Waals surface area (Å²) in [6, 6.07) is 7.38. The van der Waals surface area contributed by atoms with Crippen LogP contribution in [0.2, 0.25) is 5.15 Å². The minimum absolute atomic E-state index is 0.00115. The van der Waals surface area contributed by atoms with Gasteiger partial charge in [-0.2, -0.15) is 0 Å². The van der Waals surface area contributed by atoms with Gasteiger partial charge in [0.25, 0.3) is 0 Å². The Kier molecular flexibility index (Phi) is 5.58. The van der Waals surface area contributed by atoms with E-state index in [-0.39, 0.29) is 11.5 Å². The van der Waals surface area contributed by atoms with Gasteiger partial charge >= 0.3 is 0 Å². The van der Waals surface area contributed by atoms with E-state index in [0.29, 0.717) is 32.5 Å². The third-order valence-electron chi connectivity index (χ3n) is 4.09. The van der Waals surface area contributed by atoms with E-state index >= 15 is 0 Å². The van der Waals surface area contributed by atoms with Gasteiger partial charge in [0.2, 0.25) is 0 Å². The van der Waals surface area contributed by atoms with Crippen LogP contribution in [0.5, 0.6) is 5.75 Å². The molecule has 2 heterocycles. The van der Waals surface area contributed by atoms with Crippen molar-refractivity contribution >= 4 is 34.3 Å². The van der Waals surface area contributed by atoms with Crippen LogP contribution in [-0.2, 0) is 0 Å². The summed E-state index contributed by atoms with van der Waals surface area (Å²) in [6.07, 6.45) is 1.25. The lowest BCUT2D eigenvalue weighted by atomic mass is 10.0. The van der Waals surface area contributed by atoms with E-state index in [0.717, 1.165) is 16.9 Å². The number of aromatic nitrogens is 1. The maximum absolute atomic E-state index is 12.8. The van der Waals surface area contributed by atoms with Crippen LogP contribution >= 0.6 is 23.4 Å². The summed E-state index contributed by atoms with van der Waals surface area (Å²) in [5.41, 5.74) is 3.00. The molecular weight excluding hydrogens is 370 g/mol. The highest BCUT2D eigenvalue weighted by Crippen LogP contribution is 2.33. The highest BCUT2D eigenvalue weighted by atomic mass is 35.5. The maximum atomic E-state index is 12.8. The van der Waals surface area contributed by atoms with Crippen LogP contribution in [0.4, 0.5) is 0 Å². The topological polar surface area (TPSA) is 52.3 Å². The Hall–Kier alpha value is -1.98. The summed E-state index contributed by atoms with van der Waals surface area (Å²) >= 11 is 7.63. The Morgan fingerprint density at radius 2 is 2.12 bits per heavy atom. The van der Waals surface area contributed by atoms with Crippen molar-refractivity contribution < 1.29 is 9.15 Å². The predicted octanol–water partition coefficient (Wildman–Crippen LogP) is 5.71. The van der Waals surface area contributed by atoms with Gasteiger partial charge in [-0.1, -0.05) is 30.3 Å². The summed E-state index contributed by atoms with van der Waals surface area (Å²) in [5.74, 6) is 1.32. The second-order valence-electron chi connectivity index (χ2n) is 6.06.